The molecule has 3 rings (SSSR count). The minimum atomic E-state index is -0.321. The van der Waals surface area contributed by atoms with E-state index < -0.39 is 0 Å². The first-order chi connectivity index (χ1) is 9.58. The van der Waals surface area contributed by atoms with Crippen LogP contribution in [0, 0.1) is 19.7 Å². The van der Waals surface area contributed by atoms with Crippen LogP contribution in [0.5, 0.6) is 0 Å². The second kappa shape index (κ2) is 4.76. The van der Waals surface area contributed by atoms with Crippen LogP contribution in [-0.4, -0.2) is 0 Å². The summed E-state index contributed by atoms with van der Waals surface area (Å²) in [5.74, 6) is 1.42. The van der Waals surface area contributed by atoms with Crippen LogP contribution in [-0.2, 0) is 0 Å². The number of fused-ring (bicyclic) bond motifs is 1. The lowest BCUT2D eigenvalue weighted by Gasteiger charge is -2.14. The fourth-order valence-corrected chi connectivity index (χ4v) is 2.68. The van der Waals surface area contributed by atoms with E-state index in [2.05, 4.69) is 0 Å². The molecule has 0 bridgehead atoms. The molecule has 1 heterocycles. The van der Waals surface area contributed by atoms with Crippen molar-refractivity contribution in [3.8, 4) is 0 Å². The molecule has 2 N–H and O–H groups in total. The van der Waals surface area contributed by atoms with Gasteiger partial charge in [-0.1, -0.05) is 30.3 Å². The van der Waals surface area contributed by atoms with Crippen molar-refractivity contribution in [1.82, 2.24) is 0 Å². The number of hydrogen-bond donors (Lipinski definition) is 1. The van der Waals surface area contributed by atoms with Crippen LogP contribution < -0.4 is 5.73 Å². The van der Waals surface area contributed by atoms with Gasteiger partial charge in [0.15, 0.2) is 0 Å². The average Bonchev–Trinajstić information content (AvgIpc) is 2.78. The van der Waals surface area contributed by atoms with Crippen LogP contribution >= 0.6 is 0 Å². The molecule has 0 aliphatic rings. The molecule has 20 heavy (non-hydrogen) atoms. The average molecular weight is 269 g/mol. The Morgan fingerprint density at radius 3 is 2.35 bits per heavy atom. The maximum atomic E-state index is 13.9. The monoisotopic (exact) mass is 269 g/mol. The van der Waals surface area contributed by atoms with E-state index in [4.69, 9.17) is 10.2 Å². The Balaban J connectivity index is 2.20. The molecule has 0 saturated carbocycles. The van der Waals surface area contributed by atoms with Gasteiger partial charge in [-0.3, -0.25) is 0 Å². The number of halogens is 1. The molecule has 2 aromatic carbocycles. The third-order valence-electron chi connectivity index (χ3n) is 3.65. The van der Waals surface area contributed by atoms with Gasteiger partial charge in [-0.2, -0.15) is 0 Å². The number of nitrogens with two attached hydrogens (primary N) is 1. The Labute approximate surface area is 117 Å². The van der Waals surface area contributed by atoms with Crippen molar-refractivity contribution in [2.24, 2.45) is 5.73 Å². The molecule has 0 aliphatic heterocycles. The molecule has 1 aromatic heterocycles. The summed E-state index contributed by atoms with van der Waals surface area (Å²) in [6.07, 6.45) is 0. The SMILES string of the molecule is Cc1cc(C(N)c2ccc(F)c3ccccc23)c(C)o1. The van der Waals surface area contributed by atoms with E-state index in [0.29, 0.717) is 5.39 Å². The van der Waals surface area contributed by atoms with Crippen molar-refractivity contribution in [3.63, 3.8) is 0 Å². The van der Waals surface area contributed by atoms with Crippen molar-refractivity contribution < 1.29 is 8.81 Å². The minimum absolute atomic E-state index is 0.225. The van der Waals surface area contributed by atoms with Crippen molar-refractivity contribution in [1.29, 1.82) is 0 Å². The van der Waals surface area contributed by atoms with Crippen LogP contribution in [0.1, 0.15) is 28.7 Å². The predicted octanol–water partition coefficient (Wildman–Crippen LogP) is 4.24. The van der Waals surface area contributed by atoms with Gasteiger partial charge < -0.3 is 10.2 Å². The molecule has 0 radical (unpaired) electrons. The van der Waals surface area contributed by atoms with E-state index in [1.807, 2.05) is 38.1 Å². The highest BCUT2D eigenvalue weighted by Crippen LogP contribution is 2.31. The van der Waals surface area contributed by atoms with Crippen LogP contribution in [0.3, 0.4) is 0 Å². The summed E-state index contributed by atoms with van der Waals surface area (Å²) >= 11 is 0. The number of aryl methyl sites for hydroxylation is 2. The third kappa shape index (κ3) is 2.00. The first-order valence-electron chi connectivity index (χ1n) is 6.57. The number of rotatable bonds is 2. The van der Waals surface area contributed by atoms with Gasteiger partial charge in [0, 0.05) is 10.9 Å². The molecule has 1 atom stereocenters. The standard InChI is InChI=1S/C17H16FNO/c1-10-9-15(11(2)20-10)17(19)14-7-8-16(18)13-6-4-3-5-12(13)14/h3-9,17H,19H2,1-2H3. The summed E-state index contributed by atoms with van der Waals surface area (Å²) in [5, 5.41) is 1.44. The lowest BCUT2D eigenvalue weighted by Crippen LogP contribution is -2.12. The molecule has 2 nitrogen and oxygen atoms in total. The van der Waals surface area contributed by atoms with Gasteiger partial charge in [0.25, 0.3) is 0 Å². The van der Waals surface area contributed by atoms with Crippen LogP contribution in [0.25, 0.3) is 10.8 Å². The Morgan fingerprint density at radius 1 is 1.00 bits per heavy atom. The summed E-state index contributed by atoms with van der Waals surface area (Å²) in [4.78, 5) is 0. The van der Waals surface area contributed by atoms with E-state index >= 15 is 0 Å². The maximum absolute atomic E-state index is 13.9. The van der Waals surface area contributed by atoms with Crippen molar-refractivity contribution in [2.75, 3.05) is 0 Å². The second-order valence-corrected chi connectivity index (χ2v) is 5.03. The van der Waals surface area contributed by atoms with Gasteiger partial charge >= 0.3 is 0 Å². The molecule has 1 unspecified atom stereocenters. The highest BCUT2D eigenvalue weighted by Gasteiger charge is 2.18. The summed E-state index contributed by atoms with van der Waals surface area (Å²) in [5.41, 5.74) is 8.22. The normalized spacial score (nSPS) is 12.8. The fraction of sp³-hybridized carbons (Fsp3) is 0.176. The van der Waals surface area contributed by atoms with Crippen LogP contribution in [0.2, 0.25) is 0 Å². The van der Waals surface area contributed by atoms with E-state index in [0.717, 1.165) is 28.0 Å². The van der Waals surface area contributed by atoms with E-state index in [-0.39, 0.29) is 11.9 Å². The van der Waals surface area contributed by atoms with E-state index in [1.165, 1.54) is 6.07 Å². The topological polar surface area (TPSA) is 39.2 Å². The molecular formula is C17H16FNO. The Kier molecular flexibility index (Phi) is 3.07. The van der Waals surface area contributed by atoms with Crippen molar-refractivity contribution >= 4 is 10.8 Å². The minimum Gasteiger partial charge on any atom is -0.466 e. The summed E-state index contributed by atoms with van der Waals surface area (Å²) in [6.45, 7) is 3.79. The molecule has 0 fully saturated rings. The van der Waals surface area contributed by atoms with Crippen LogP contribution in [0.15, 0.2) is 46.9 Å². The van der Waals surface area contributed by atoms with Gasteiger partial charge in [0.2, 0.25) is 0 Å². The smallest absolute Gasteiger partial charge is 0.131 e. The van der Waals surface area contributed by atoms with E-state index in [9.17, 15) is 4.39 Å². The molecule has 0 spiro atoms. The van der Waals surface area contributed by atoms with Gasteiger partial charge in [-0.15, -0.1) is 0 Å². The molecule has 3 aromatic rings. The highest BCUT2D eigenvalue weighted by molar-refractivity contribution is 5.87. The van der Waals surface area contributed by atoms with Crippen LogP contribution in [0.4, 0.5) is 4.39 Å². The molecule has 0 saturated heterocycles. The quantitative estimate of drug-likeness (QED) is 0.756. The molecule has 0 aliphatic carbocycles. The molecule has 102 valence electrons. The van der Waals surface area contributed by atoms with Gasteiger partial charge in [0.1, 0.15) is 17.3 Å². The summed E-state index contributed by atoms with van der Waals surface area (Å²) in [7, 11) is 0. The maximum Gasteiger partial charge on any atom is 0.131 e. The third-order valence-corrected chi connectivity index (χ3v) is 3.65. The van der Waals surface area contributed by atoms with Gasteiger partial charge in [-0.25, -0.2) is 4.39 Å². The highest BCUT2D eigenvalue weighted by atomic mass is 19.1. The fourth-order valence-electron chi connectivity index (χ4n) is 2.68. The summed E-state index contributed by atoms with van der Waals surface area (Å²) < 4.78 is 19.4. The Bertz CT molecular complexity index is 776. The molecule has 3 heteroatoms. The summed E-state index contributed by atoms with van der Waals surface area (Å²) in [6, 6.07) is 12.2. The van der Waals surface area contributed by atoms with Crippen molar-refractivity contribution in [3.05, 3.63) is 70.9 Å². The molecule has 0 amide bonds. The van der Waals surface area contributed by atoms with E-state index in [1.54, 1.807) is 12.1 Å². The Morgan fingerprint density at radius 2 is 1.70 bits per heavy atom. The second-order valence-electron chi connectivity index (χ2n) is 5.03. The van der Waals surface area contributed by atoms with Gasteiger partial charge in [-0.05, 0) is 36.9 Å². The largest absolute Gasteiger partial charge is 0.466 e. The predicted molar refractivity (Wildman–Crippen MR) is 78.1 cm³/mol. The lowest BCUT2D eigenvalue weighted by molar-refractivity contribution is 0.500. The number of hydrogen-bond acceptors (Lipinski definition) is 2. The zero-order valence-electron chi connectivity index (χ0n) is 11.5. The first-order valence-corrected chi connectivity index (χ1v) is 6.57. The van der Waals surface area contributed by atoms with Crippen molar-refractivity contribution in [2.45, 2.75) is 19.9 Å². The lowest BCUT2D eigenvalue weighted by atomic mass is 9.94. The zero-order valence-corrected chi connectivity index (χ0v) is 11.5. The first kappa shape index (κ1) is 12.9. The Hall–Kier alpha value is -2.13. The molecular weight excluding hydrogens is 253 g/mol. The van der Waals surface area contributed by atoms with Gasteiger partial charge in [0.05, 0.1) is 6.04 Å². The number of benzene rings is 2. The number of furan rings is 1. The zero-order chi connectivity index (χ0) is 14.3.